The van der Waals surface area contributed by atoms with Crippen LogP contribution in [0.25, 0.3) is 0 Å². The van der Waals surface area contributed by atoms with E-state index in [1.165, 1.54) is 0 Å². The lowest BCUT2D eigenvalue weighted by Crippen LogP contribution is -2.21. The van der Waals surface area contributed by atoms with Gasteiger partial charge in [-0.2, -0.15) is 0 Å². The van der Waals surface area contributed by atoms with Gasteiger partial charge < -0.3 is 19.9 Å². The average molecular weight is 384 g/mol. The van der Waals surface area contributed by atoms with Crippen molar-refractivity contribution in [2.75, 3.05) is 13.2 Å². The van der Waals surface area contributed by atoms with Gasteiger partial charge >= 0.3 is 5.97 Å². The molecule has 0 spiro atoms. The van der Waals surface area contributed by atoms with E-state index >= 15 is 0 Å². The molecule has 0 radical (unpaired) electrons. The molecule has 2 aromatic rings. The molecule has 7 heteroatoms. The number of hydrogen-bond donors (Lipinski definition) is 2. The number of carboxylic acids is 1. The molecule has 2 N–H and O–H groups in total. The number of carboxylic acid groups (broad SMARTS) is 1. The van der Waals surface area contributed by atoms with Crippen LogP contribution in [0.15, 0.2) is 36.4 Å². The van der Waals surface area contributed by atoms with Gasteiger partial charge in [0.1, 0.15) is 6.61 Å². The van der Waals surface area contributed by atoms with E-state index in [1.807, 2.05) is 25.1 Å². The van der Waals surface area contributed by atoms with Crippen LogP contribution in [-0.4, -0.2) is 24.2 Å². The topological polar surface area (TPSA) is 67.8 Å². The van der Waals surface area contributed by atoms with Crippen LogP contribution in [0.4, 0.5) is 0 Å². The summed E-state index contributed by atoms with van der Waals surface area (Å²) in [6.45, 7) is 3.04. The minimum Gasteiger partial charge on any atom is -0.490 e. The van der Waals surface area contributed by atoms with Gasteiger partial charge in [0, 0.05) is 6.54 Å². The third kappa shape index (κ3) is 6.12. The fourth-order valence-electron chi connectivity index (χ4n) is 2.15. The number of nitrogens with one attached hydrogen (secondary N) is 1. The first-order valence-corrected chi connectivity index (χ1v) is 8.50. The van der Waals surface area contributed by atoms with E-state index in [0.29, 0.717) is 41.3 Å². The summed E-state index contributed by atoms with van der Waals surface area (Å²) in [7, 11) is 0. The highest BCUT2D eigenvalue weighted by Gasteiger charge is 2.08. The summed E-state index contributed by atoms with van der Waals surface area (Å²) in [5.74, 6) is 0.318. The molecule has 134 valence electrons. The third-order valence-corrected chi connectivity index (χ3v) is 4.03. The van der Waals surface area contributed by atoms with E-state index in [2.05, 4.69) is 5.32 Å². The van der Waals surface area contributed by atoms with E-state index in [0.717, 1.165) is 11.1 Å². The normalized spacial score (nSPS) is 10.5. The highest BCUT2D eigenvalue weighted by Crippen LogP contribution is 2.30. The molecule has 0 bridgehead atoms. The third-order valence-electron chi connectivity index (χ3n) is 3.29. The summed E-state index contributed by atoms with van der Waals surface area (Å²) in [6.07, 6.45) is 0. The summed E-state index contributed by atoms with van der Waals surface area (Å²) in [6, 6.07) is 10.8. The van der Waals surface area contributed by atoms with Crippen LogP contribution in [0, 0.1) is 0 Å². The molecule has 0 aliphatic rings. The Morgan fingerprint density at radius 1 is 1.04 bits per heavy atom. The molecule has 0 aromatic heterocycles. The zero-order valence-electron chi connectivity index (χ0n) is 13.7. The molecular weight excluding hydrogens is 365 g/mol. The molecule has 0 atom stereocenters. The second-order valence-corrected chi connectivity index (χ2v) is 6.06. The van der Waals surface area contributed by atoms with Crippen molar-refractivity contribution in [3.8, 4) is 11.5 Å². The summed E-state index contributed by atoms with van der Waals surface area (Å²) in [5.41, 5.74) is 1.80. The van der Waals surface area contributed by atoms with E-state index in [4.69, 9.17) is 37.8 Å². The number of benzene rings is 2. The molecule has 0 unspecified atom stereocenters. The standard InChI is InChI=1S/C18H19Cl2NO4/c1-2-24-17-8-12(9-21-10-18(22)23)4-6-16(17)25-11-13-3-5-14(19)15(20)7-13/h3-8,21H,2,9-11H2,1H3,(H,22,23). The maximum Gasteiger partial charge on any atom is 0.317 e. The van der Waals surface area contributed by atoms with Gasteiger partial charge in [-0.15, -0.1) is 0 Å². The van der Waals surface area contributed by atoms with Gasteiger partial charge in [0.25, 0.3) is 0 Å². The van der Waals surface area contributed by atoms with Gasteiger partial charge in [0.2, 0.25) is 0 Å². The molecular formula is C18H19Cl2NO4. The highest BCUT2D eigenvalue weighted by molar-refractivity contribution is 6.42. The van der Waals surface area contributed by atoms with Gasteiger partial charge in [-0.05, 0) is 42.3 Å². The van der Waals surface area contributed by atoms with Crippen LogP contribution in [0.5, 0.6) is 11.5 Å². The molecule has 0 aliphatic carbocycles. The van der Waals surface area contributed by atoms with Crippen LogP contribution in [0.2, 0.25) is 10.0 Å². The second kappa shape index (κ2) is 9.51. The van der Waals surface area contributed by atoms with Crippen LogP contribution in [0.1, 0.15) is 18.1 Å². The van der Waals surface area contributed by atoms with Gasteiger partial charge in [-0.1, -0.05) is 35.3 Å². The SMILES string of the molecule is CCOc1cc(CNCC(=O)O)ccc1OCc1ccc(Cl)c(Cl)c1. The van der Waals surface area contributed by atoms with Crippen molar-refractivity contribution in [2.45, 2.75) is 20.1 Å². The van der Waals surface area contributed by atoms with E-state index in [1.54, 1.807) is 18.2 Å². The molecule has 2 aromatic carbocycles. The number of halogens is 2. The number of rotatable bonds is 9. The first-order valence-electron chi connectivity index (χ1n) is 7.74. The zero-order valence-corrected chi connectivity index (χ0v) is 15.2. The Morgan fingerprint density at radius 2 is 1.80 bits per heavy atom. The molecule has 0 aliphatic heterocycles. The lowest BCUT2D eigenvalue weighted by atomic mass is 10.2. The minimum absolute atomic E-state index is 0.0977. The molecule has 25 heavy (non-hydrogen) atoms. The summed E-state index contributed by atoms with van der Waals surface area (Å²) < 4.78 is 11.4. The first kappa shape index (κ1) is 19.4. The van der Waals surface area contributed by atoms with Crippen molar-refractivity contribution in [1.82, 2.24) is 5.32 Å². The monoisotopic (exact) mass is 383 g/mol. The lowest BCUT2D eigenvalue weighted by molar-refractivity contribution is -0.135. The average Bonchev–Trinajstić information content (AvgIpc) is 2.57. The lowest BCUT2D eigenvalue weighted by Gasteiger charge is -2.14. The molecule has 0 saturated heterocycles. The van der Waals surface area contributed by atoms with Crippen molar-refractivity contribution in [2.24, 2.45) is 0 Å². The largest absolute Gasteiger partial charge is 0.490 e. The van der Waals surface area contributed by atoms with Crippen molar-refractivity contribution in [3.63, 3.8) is 0 Å². The first-order chi connectivity index (χ1) is 12.0. The van der Waals surface area contributed by atoms with Crippen LogP contribution >= 0.6 is 23.2 Å². The predicted octanol–water partition coefficient (Wildman–Crippen LogP) is 4.15. The van der Waals surface area contributed by atoms with Crippen LogP contribution < -0.4 is 14.8 Å². The quantitative estimate of drug-likeness (QED) is 0.680. The fraction of sp³-hybridized carbons (Fsp3) is 0.278. The molecule has 2 rings (SSSR count). The predicted molar refractivity (Wildman–Crippen MR) is 97.7 cm³/mol. The molecule has 0 heterocycles. The maximum atomic E-state index is 10.6. The Labute approximate surface area is 156 Å². The summed E-state index contributed by atoms with van der Waals surface area (Å²) >= 11 is 11.9. The molecule has 0 amide bonds. The Hall–Kier alpha value is -1.95. The summed E-state index contributed by atoms with van der Waals surface area (Å²) in [5, 5.41) is 12.5. The van der Waals surface area contributed by atoms with E-state index in [9.17, 15) is 4.79 Å². The Morgan fingerprint density at radius 3 is 2.48 bits per heavy atom. The smallest absolute Gasteiger partial charge is 0.317 e. The molecule has 0 fully saturated rings. The van der Waals surface area contributed by atoms with Crippen molar-refractivity contribution in [3.05, 3.63) is 57.6 Å². The number of hydrogen-bond acceptors (Lipinski definition) is 4. The molecule has 0 saturated carbocycles. The second-order valence-electron chi connectivity index (χ2n) is 5.25. The van der Waals surface area contributed by atoms with Crippen LogP contribution in [0.3, 0.4) is 0 Å². The van der Waals surface area contributed by atoms with Crippen molar-refractivity contribution >= 4 is 29.2 Å². The fourth-order valence-corrected chi connectivity index (χ4v) is 2.47. The van der Waals surface area contributed by atoms with Crippen molar-refractivity contribution in [1.29, 1.82) is 0 Å². The zero-order chi connectivity index (χ0) is 18.2. The maximum absolute atomic E-state index is 10.6. The number of carbonyl (C=O) groups is 1. The molecule has 5 nitrogen and oxygen atoms in total. The Kier molecular flexibility index (Phi) is 7.37. The van der Waals surface area contributed by atoms with Gasteiger partial charge in [-0.3, -0.25) is 4.79 Å². The van der Waals surface area contributed by atoms with Gasteiger partial charge in [0.15, 0.2) is 11.5 Å². The highest BCUT2D eigenvalue weighted by atomic mass is 35.5. The Balaban J connectivity index is 2.05. The van der Waals surface area contributed by atoms with E-state index < -0.39 is 5.97 Å². The van der Waals surface area contributed by atoms with Gasteiger partial charge in [-0.25, -0.2) is 0 Å². The number of ether oxygens (including phenoxy) is 2. The minimum atomic E-state index is -0.897. The Bertz CT molecular complexity index is 737. The van der Waals surface area contributed by atoms with Crippen LogP contribution in [-0.2, 0) is 17.9 Å². The van der Waals surface area contributed by atoms with Crippen molar-refractivity contribution < 1.29 is 19.4 Å². The van der Waals surface area contributed by atoms with E-state index in [-0.39, 0.29) is 6.54 Å². The summed E-state index contributed by atoms with van der Waals surface area (Å²) in [4.78, 5) is 10.6. The van der Waals surface area contributed by atoms with Gasteiger partial charge in [0.05, 0.1) is 23.2 Å². The number of aliphatic carboxylic acids is 1.